The van der Waals surface area contributed by atoms with Crippen molar-refractivity contribution in [3.8, 4) is 5.75 Å². The molecule has 1 aromatic heterocycles. The van der Waals surface area contributed by atoms with E-state index in [1.54, 1.807) is 7.11 Å². The summed E-state index contributed by atoms with van der Waals surface area (Å²) in [7, 11) is 1.73. The highest BCUT2D eigenvalue weighted by Gasteiger charge is 2.32. The minimum Gasteiger partial charge on any atom is -0.496 e. The number of carbonyl (C=O) groups is 1. The normalized spacial score (nSPS) is 22.0. The number of benzene rings is 1. The number of anilines is 1. The Balaban J connectivity index is 1.34. The number of nitrogens with one attached hydrogen (secondary N) is 2. The highest BCUT2D eigenvalue weighted by atomic mass is 16.5. The van der Waals surface area contributed by atoms with E-state index in [-0.39, 0.29) is 11.8 Å². The first kappa shape index (κ1) is 28.4. The second-order valence-electron chi connectivity index (χ2n) is 12.3. The number of ether oxygens (including phenoxy) is 1. The SMILES string of the molecule is COc1ccc(C2CCC(CN(C(=O)C3CCCCC3)c3cc(/C(C=N)=C/NC4CC4)cc(C)n3)CC2)cc1C. The first-order valence-corrected chi connectivity index (χ1v) is 15.4. The van der Waals surface area contributed by atoms with Gasteiger partial charge in [0.15, 0.2) is 0 Å². The number of nitrogens with zero attached hydrogens (tertiary/aromatic N) is 2. The van der Waals surface area contributed by atoms with Gasteiger partial charge in [0.25, 0.3) is 0 Å². The summed E-state index contributed by atoms with van der Waals surface area (Å²) in [5.74, 6) is 3.05. The molecule has 1 heterocycles. The number of aromatic nitrogens is 1. The van der Waals surface area contributed by atoms with E-state index in [9.17, 15) is 4.79 Å². The Bertz CT molecular complexity index is 1220. The quantitative estimate of drug-likeness (QED) is 0.308. The van der Waals surface area contributed by atoms with Crippen LogP contribution < -0.4 is 15.0 Å². The first-order chi connectivity index (χ1) is 19.4. The lowest BCUT2D eigenvalue weighted by molar-refractivity contribution is -0.123. The van der Waals surface area contributed by atoms with Crippen molar-refractivity contribution in [2.45, 2.75) is 96.4 Å². The number of aryl methyl sites for hydroxylation is 2. The van der Waals surface area contributed by atoms with Gasteiger partial charge in [0.2, 0.25) is 5.91 Å². The van der Waals surface area contributed by atoms with Gasteiger partial charge in [0, 0.05) is 42.2 Å². The number of hydrogen-bond donors (Lipinski definition) is 2. The molecule has 40 heavy (non-hydrogen) atoms. The Morgan fingerprint density at radius 2 is 1.77 bits per heavy atom. The van der Waals surface area contributed by atoms with E-state index in [2.05, 4.69) is 30.4 Å². The average Bonchev–Trinajstić information content (AvgIpc) is 3.81. The van der Waals surface area contributed by atoms with Gasteiger partial charge in [-0.2, -0.15) is 0 Å². The Morgan fingerprint density at radius 1 is 1.02 bits per heavy atom. The lowest BCUT2D eigenvalue weighted by atomic mass is 9.78. The molecule has 0 saturated heterocycles. The van der Waals surface area contributed by atoms with Crippen molar-refractivity contribution < 1.29 is 9.53 Å². The van der Waals surface area contributed by atoms with Gasteiger partial charge in [-0.3, -0.25) is 9.69 Å². The third-order valence-corrected chi connectivity index (χ3v) is 9.16. The van der Waals surface area contributed by atoms with Crippen molar-refractivity contribution in [3.63, 3.8) is 0 Å². The van der Waals surface area contributed by atoms with Crippen LogP contribution in [0.4, 0.5) is 5.82 Å². The molecule has 6 heteroatoms. The smallest absolute Gasteiger partial charge is 0.231 e. The number of methoxy groups -OCH3 is 1. The van der Waals surface area contributed by atoms with E-state index in [1.807, 2.05) is 30.2 Å². The molecule has 5 rings (SSSR count). The molecular formula is C34H46N4O2. The van der Waals surface area contributed by atoms with Crippen LogP contribution in [0.15, 0.2) is 36.5 Å². The van der Waals surface area contributed by atoms with Crippen LogP contribution in [0.25, 0.3) is 5.57 Å². The lowest BCUT2D eigenvalue weighted by Crippen LogP contribution is -2.41. The van der Waals surface area contributed by atoms with Crippen LogP contribution in [0, 0.1) is 31.1 Å². The monoisotopic (exact) mass is 542 g/mol. The van der Waals surface area contributed by atoms with E-state index in [0.29, 0.717) is 17.9 Å². The van der Waals surface area contributed by atoms with Crippen molar-refractivity contribution in [3.05, 3.63) is 58.9 Å². The Kier molecular flexibility index (Phi) is 9.23. The zero-order valence-corrected chi connectivity index (χ0v) is 24.5. The van der Waals surface area contributed by atoms with E-state index in [4.69, 9.17) is 15.1 Å². The largest absolute Gasteiger partial charge is 0.496 e. The predicted octanol–water partition coefficient (Wildman–Crippen LogP) is 7.34. The van der Waals surface area contributed by atoms with Gasteiger partial charge in [0.1, 0.15) is 11.6 Å². The maximum atomic E-state index is 14.0. The molecule has 0 radical (unpaired) electrons. The van der Waals surface area contributed by atoms with Crippen molar-refractivity contribution in [1.29, 1.82) is 5.41 Å². The standard InChI is InChI=1S/C34H46N4O2/c1-23-17-28(13-16-32(23)40-3)26-11-9-25(10-12-26)22-38(34(39)27-7-5-4-6-8-27)33-19-29(18-24(2)37-33)30(20-35)21-36-31-14-15-31/h13,16-21,25-27,31,35-36H,4-12,14-15,22H2,1-3H3/b30-21+,35-20?. The fourth-order valence-electron chi connectivity index (χ4n) is 6.58. The first-order valence-electron chi connectivity index (χ1n) is 15.4. The maximum absolute atomic E-state index is 14.0. The third kappa shape index (κ3) is 6.94. The van der Waals surface area contributed by atoms with Gasteiger partial charge in [0.05, 0.1) is 7.11 Å². The number of hydrogen-bond acceptors (Lipinski definition) is 5. The minimum absolute atomic E-state index is 0.0902. The fraction of sp³-hybridized carbons (Fsp3) is 0.559. The molecule has 0 bridgehead atoms. The highest BCUT2D eigenvalue weighted by molar-refractivity contribution is 6.08. The van der Waals surface area contributed by atoms with Gasteiger partial charge in [-0.15, -0.1) is 0 Å². The number of amides is 1. The summed E-state index contributed by atoms with van der Waals surface area (Å²) >= 11 is 0. The lowest BCUT2D eigenvalue weighted by Gasteiger charge is -2.35. The second-order valence-corrected chi connectivity index (χ2v) is 12.3. The van der Waals surface area contributed by atoms with Crippen LogP contribution in [0.2, 0.25) is 0 Å². The fourth-order valence-corrected chi connectivity index (χ4v) is 6.58. The van der Waals surface area contributed by atoms with E-state index < -0.39 is 0 Å². The van der Waals surface area contributed by atoms with Crippen molar-refractivity contribution in [1.82, 2.24) is 10.3 Å². The molecule has 3 aliphatic rings. The van der Waals surface area contributed by atoms with Crippen LogP contribution >= 0.6 is 0 Å². The summed E-state index contributed by atoms with van der Waals surface area (Å²) < 4.78 is 5.47. The molecule has 3 saturated carbocycles. The molecule has 214 valence electrons. The molecule has 0 spiro atoms. The Hall–Kier alpha value is -3.15. The third-order valence-electron chi connectivity index (χ3n) is 9.16. The van der Waals surface area contributed by atoms with Crippen LogP contribution in [0.3, 0.4) is 0 Å². The zero-order valence-electron chi connectivity index (χ0n) is 24.5. The zero-order chi connectivity index (χ0) is 28.1. The van der Waals surface area contributed by atoms with Crippen molar-refractivity contribution >= 4 is 23.5 Å². The van der Waals surface area contributed by atoms with Crippen LogP contribution in [-0.4, -0.2) is 36.8 Å². The van der Waals surface area contributed by atoms with E-state index in [1.165, 1.54) is 36.6 Å². The summed E-state index contributed by atoms with van der Waals surface area (Å²) in [6, 6.07) is 11.2. The van der Waals surface area contributed by atoms with Gasteiger partial charge in [-0.1, -0.05) is 31.4 Å². The molecule has 0 atom stereocenters. The molecule has 0 aliphatic heterocycles. The molecule has 1 aromatic carbocycles. The van der Waals surface area contributed by atoms with Crippen LogP contribution in [-0.2, 0) is 4.79 Å². The van der Waals surface area contributed by atoms with Crippen LogP contribution in [0.5, 0.6) is 5.75 Å². The molecular weight excluding hydrogens is 496 g/mol. The van der Waals surface area contributed by atoms with Gasteiger partial charge < -0.3 is 15.5 Å². The topological polar surface area (TPSA) is 78.3 Å². The molecule has 1 amide bonds. The molecule has 0 unspecified atom stereocenters. The average molecular weight is 543 g/mol. The van der Waals surface area contributed by atoms with Crippen molar-refractivity contribution in [2.75, 3.05) is 18.6 Å². The highest BCUT2D eigenvalue weighted by Crippen LogP contribution is 2.38. The summed E-state index contributed by atoms with van der Waals surface area (Å²) in [5, 5.41) is 11.5. The summed E-state index contributed by atoms with van der Waals surface area (Å²) in [6.45, 7) is 4.84. The van der Waals surface area contributed by atoms with E-state index >= 15 is 0 Å². The predicted molar refractivity (Wildman–Crippen MR) is 163 cm³/mol. The molecule has 3 fully saturated rings. The molecule has 2 N–H and O–H groups in total. The van der Waals surface area contributed by atoms with Gasteiger partial charge >= 0.3 is 0 Å². The number of pyridine rings is 1. The van der Waals surface area contributed by atoms with Crippen molar-refractivity contribution in [2.24, 2.45) is 11.8 Å². The number of carbonyl (C=O) groups excluding carboxylic acids is 1. The minimum atomic E-state index is 0.0902. The maximum Gasteiger partial charge on any atom is 0.231 e. The number of rotatable bonds is 10. The molecule has 2 aromatic rings. The molecule has 6 nitrogen and oxygen atoms in total. The van der Waals surface area contributed by atoms with Gasteiger partial charge in [-0.25, -0.2) is 4.98 Å². The van der Waals surface area contributed by atoms with E-state index in [0.717, 1.165) is 86.3 Å². The second kappa shape index (κ2) is 13.0. The number of allylic oxidation sites excluding steroid dienone is 1. The summed E-state index contributed by atoms with van der Waals surface area (Å²) in [5.41, 5.74) is 5.26. The Morgan fingerprint density at radius 3 is 2.42 bits per heavy atom. The summed E-state index contributed by atoms with van der Waals surface area (Å²) in [6.07, 6.45) is 15.7. The molecule has 3 aliphatic carbocycles. The van der Waals surface area contributed by atoms with Gasteiger partial charge in [-0.05, 0) is 112 Å². The Labute approximate surface area is 240 Å². The summed E-state index contributed by atoms with van der Waals surface area (Å²) in [4.78, 5) is 21.0. The van der Waals surface area contributed by atoms with Crippen LogP contribution in [0.1, 0.15) is 98.9 Å².